The average molecular weight is 535 g/mol. The first kappa shape index (κ1) is 25.0. The van der Waals surface area contributed by atoms with Crippen LogP contribution in [-0.2, 0) is 17.6 Å². The molecule has 4 aromatic rings. The van der Waals surface area contributed by atoms with Gasteiger partial charge in [0.05, 0.1) is 24.2 Å². The van der Waals surface area contributed by atoms with Crippen molar-refractivity contribution < 1.29 is 14.3 Å². The van der Waals surface area contributed by atoms with E-state index in [-0.39, 0.29) is 5.91 Å². The standard InChI is InChI=1S/C28H27ClN4O3S/c1-35-23-6-4-5-21(17-23)18-26-30-28(37-31-26)36-22-11-9-20(10-12-22)19-27(34)33-15-13-32(14-16-33)25-8-3-2-7-24(25)29/h2-12,17H,13-16,18-19H2,1H3. The highest BCUT2D eigenvalue weighted by Crippen LogP contribution is 2.27. The van der Waals surface area contributed by atoms with Crippen molar-refractivity contribution in [2.75, 3.05) is 38.2 Å². The summed E-state index contributed by atoms with van der Waals surface area (Å²) in [5.74, 6) is 2.29. The van der Waals surface area contributed by atoms with Gasteiger partial charge in [0.1, 0.15) is 11.5 Å². The lowest BCUT2D eigenvalue weighted by atomic mass is 10.1. The average Bonchev–Trinajstić information content (AvgIpc) is 3.36. The Kier molecular flexibility index (Phi) is 7.87. The summed E-state index contributed by atoms with van der Waals surface area (Å²) in [5, 5.41) is 1.23. The number of hydrogen-bond donors (Lipinski definition) is 0. The van der Waals surface area contributed by atoms with Gasteiger partial charge in [0, 0.05) is 44.1 Å². The second kappa shape index (κ2) is 11.6. The van der Waals surface area contributed by atoms with E-state index < -0.39 is 0 Å². The topological polar surface area (TPSA) is 67.8 Å². The molecule has 3 aromatic carbocycles. The summed E-state index contributed by atoms with van der Waals surface area (Å²) >= 11 is 7.55. The Balaban J connectivity index is 1.11. The summed E-state index contributed by atoms with van der Waals surface area (Å²) in [6, 6.07) is 23.2. The minimum Gasteiger partial charge on any atom is -0.497 e. The molecule has 0 bridgehead atoms. The Morgan fingerprint density at radius 3 is 2.49 bits per heavy atom. The summed E-state index contributed by atoms with van der Waals surface area (Å²) in [6.07, 6.45) is 0.959. The van der Waals surface area contributed by atoms with Crippen molar-refractivity contribution in [3.8, 4) is 16.7 Å². The van der Waals surface area contributed by atoms with Crippen LogP contribution in [0.25, 0.3) is 0 Å². The maximum Gasteiger partial charge on any atom is 0.298 e. The Labute approximate surface area is 225 Å². The molecule has 1 aromatic heterocycles. The van der Waals surface area contributed by atoms with Crippen molar-refractivity contribution in [3.63, 3.8) is 0 Å². The van der Waals surface area contributed by atoms with E-state index in [2.05, 4.69) is 14.3 Å². The molecule has 9 heteroatoms. The van der Waals surface area contributed by atoms with Gasteiger partial charge in [-0.1, -0.05) is 48.0 Å². The SMILES string of the molecule is COc1cccc(Cc2nsc(Oc3ccc(CC(=O)N4CCN(c5ccccc5Cl)CC4)cc3)n2)c1. The number of carbonyl (C=O) groups excluding carboxylic acids is 1. The van der Waals surface area contributed by atoms with Crippen LogP contribution in [0, 0.1) is 0 Å². The van der Waals surface area contributed by atoms with Gasteiger partial charge in [0.25, 0.3) is 5.19 Å². The van der Waals surface area contributed by atoms with Gasteiger partial charge in [0.15, 0.2) is 5.82 Å². The molecule has 1 aliphatic rings. The van der Waals surface area contributed by atoms with Crippen LogP contribution < -0.4 is 14.4 Å². The van der Waals surface area contributed by atoms with Crippen molar-refractivity contribution in [2.45, 2.75) is 12.8 Å². The van der Waals surface area contributed by atoms with E-state index in [4.69, 9.17) is 21.1 Å². The number of ether oxygens (including phenoxy) is 2. The van der Waals surface area contributed by atoms with Crippen LogP contribution in [0.5, 0.6) is 16.7 Å². The van der Waals surface area contributed by atoms with Gasteiger partial charge < -0.3 is 19.3 Å². The fourth-order valence-electron chi connectivity index (χ4n) is 4.28. The molecular weight excluding hydrogens is 508 g/mol. The molecule has 7 nitrogen and oxygen atoms in total. The van der Waals surface area contributed by atoms with Crippen LogP contribution in [0.4, 0.5) is 5.69 Å². The Bertz CT molecular complexity index is 1350. The normalized spacial score (nSPS) is 13.5. The molecule has 0 aliphatic carbocycles. The number of halogens is 1. The zero-order chi connectivity index (χ0) is 25.6. The van der Waals surface area contributed by atoms with Gasteiger partial charge in [-0.05, 0) is 47.5 Å². The molecule has 37 heavy (non-hydrogen) atoms. The number of benzene rings is 3. The number of piperazine rings is 1. The number of nitrogens with zero attached hydrogens (tertiary/aromatic N) is 4. The lowest BCUT2D eigenvalue weighted by Crippen LogP contribution is -2.49. The zero-order valence-electron chi connectivity index (χ0n) is 20.5. The Morgan fingerprint density at radius 1 is 0.946 bits per heavy atom. The third-order valence-electron chi connectivity index (χ3n) is 6.26. The number of methoxy groups -OCH3 is 1. The molecule has 1 aliphatic heterocycles. The number of para-hydroxylation sites is 1. The fraction of sp³-hybridized carbons (Fsp3) is 0.250. The lowest BCUT2D eigenvalue weighted by Gasteiger charge is -2.36. The van der Waals surface area contributed by atoms with Crippen LogP contribution in [0.1, 0.15) is 17.0 Å². The molecule has 1 saturated heterocycles. The highest BCUT2D eigenvalue weighted by atomic mass is 35.5. The third kappa shape index (κ3) is 6.39. The quantitative estimate of drug-likeness (QED) is 0.298. The van der Waals surface area contributed by atoms with Crippen LogP contribution in [0.2, 0.25) is 5.02 Å². The molecular formula is C28H27ClN4O3S. The van der Waals surface area contributed by atoms with Crippen molar-refractivity contribution in [2.24, 2.45) is 0 Å². The summed E-state index contributed by atoms with van der Waals surface area (Å²) in [7, 11) is 1.65. The van der Waals surface area contributed by atoms with E-state index in [0.29, 0.717) is 42.7 Å². The third-order valence-corrected chi connectivity index (χ3v) is 7.21. The van der Waals surface area contributed by atoms with Gasteiger partial charge in [-0.15, -0.1) is 0 Å². The predicted molar refractivity (Wildman–Crippen MR) is 146 cm³/mol. The highest BCUT2D eigenvalue weighted by molar-refractivity contribution is 7.07. The molecule has 0 unspecified atom stereocenters. The zero-order valence-corrected chi connectivity index (χ0v) is 22.0. The monoisotopic (exact) mass is 534 g/mol. The lowest BCUT2D eigenvalue weighted by molar-refractivity contribution is -0.130. The van der Waals surface area contributed by atoms with Crippen molar-refractivity contribution >= 4 is 34.7 Å². The van der Waals surface area contributed by atoms with E-state index in [0.717, 1.165) is 40.7 Å². The van der Waals surface area contributed by atoms with Crippen molar-refractivity contribution in [3.05, 3.63) is 94.8 Å². The molecule has 0 radical (unpaired) electrons. The first-order valence-corrected chi connectivity index (χ1v) is 13.2. The first-order valence-electron chi connectivity index (χ1n) is 12.1. The predicted octanol–water partition coefficient (Wildman–Crippen LogP) is 5.47. The summed E-state index contributed by atoms with van der Waals surface area (Å²) in [6.45, 7) is 2.90. The van der Waals surface area contributed by atoms with E-state index in [1.165, 1.54) is 11.5 Å². The molecule has 0 N–H and O–H groups in total. The second-order valence-corrected chi connectivity index (χ2v) is 9.87. The van der Waals surface area contributed by atoms with Crippen molar-refractivity contribution in [1.29, 1.82) is 0 Å². The van der Waals surface area contributed by atoms with Crippen LogP contribution in [0.3, 0.4) is 0 Å². The maximum atomic E-state index is 12.9. The molecule has 0 spiro atoms. The molecule has 190 valence electrons. The smallest absolute Gasteiger partial charge is 0.298 e. The summed E-state index contributed by atoms with van der Waals surface area (Å²) in [5.41, 5.74) is 3.04. The molecule has 0 saturated carbocycles. The van der Waals surface area contributed by atoms with Gasteiger partial charge in [-0.2, -0.15) is 9.36 Å². The molecule has 1 amide bonds. The number of anilines is 1. The van der Waals surface area contributed by atoms with Gasteiger partial charge in [0.2, 0.25) is 5.91 Å². The Morgan fingerprint density at radius 2 is 1.73 bits per heavy atom. The van der Waals surface area contributed by atoms with Gasteiger partial charge in [-0.25, -0.2) is 0 Å². The molecule has 0 atom stereocenters. The molecule has 2 heterocycles. The fourth-order valence-corrected chi connectivity index (χ4v) is 5.11. The highest BCUT2D eigenvalue weighted by Gasteiger charge is 2.22. The van der Waals surface area contributed by atoms with Crippen molar-refractivity contribution in [1.82, 2.24) is 14.3 Å². The van der Waals surface area contributed by atoms with E-state index in [1.807, 2.05) is 77.7 Å². The minimum absolute atomic E-state index is 0.124. The number of amides is 1. The van der Waals surface area contributed by atoms with E-state index in [1.54, 1.807) is 7.11 Å². The van der Waals surface area contributed by atoms with Crippen LogP contribution in [-0.4, -0.2) is 53.5 Å². The minimum atomic E-state index is 0.124. The maximum absolute atomic E-state index is 12.9. The second-order valence-electron chi connectivity index (χ2n) is 8.75. The summed E-state index contributed by atoms with van der Waals surface area (Å²) in [4.78, 5) is 21.5. The number of carbonyl (C=O) groups is 1. The molecule has 5 rings (SSSR count). The number of hydrogen-bond acceptors (Lipinski definition) is 7. The van der Waals surface area contributed by atoms with Crippen LogP contribution in [0.15, 0.2) is 72.8 Å². The van der Waals surface area contributed by atoms with Gasteiger partial charge in [-0.3, -0.25) is 4.79 Å². The summed E-state index contributed by atoms with van der Waals surface area (Å²) < 4.78 is 15.6. The first-order chi connectivity index (χ1) is 18.1. The molecule has 1 fully saturated rings. The number of rotatable bonds is 8. The van der Waals surface area contributed by atoms with E-state index >= 15 is 0 Å². The van der Waals surface area contributed by atoms with E-state index in [9.17, 15) is 4.79 Å². The van der Waals surface area contributed by atoms with Gasteiger partial charge >= 0.3 is 0 Å². The van der Waals surface area contributed by atoms with Crippen LogP contribution >= 0.6 is 23.1 Å². The number of aromatic nitrogens is 2. The Hall–Kier alpha value is -3.62. The largest absolute Gasteiger partial charge is 0.497 e.